The molecular weight excluding hydrogens is 196 g/mol. The SMILES string of the molecule is Cc1nc(SCC(N)C2CC2)oc1C. The molecule has 2 rings (SSSR count). The molecule has 0 aliphatic heterocycles. The van der Waals surface area contributed by atoms with Crippen molar-refractivity contribution >= 4 is 11.8 Å². The number of oxazole rings is 1. The van der Waals surface area contributed by atoms with E-state index in [1.807, 2.05) is 13.8 Å². The summed E-state index contributed by atoms with van der Waals surface area (Å²) in [4.78, 5) is 4.30. The minimum atomic E-state index is 0.313. The summed E-state index contributed by atoms with van der Waals surface area (Å²) in [5.41, 5.74) is 6.96. The van der Waals surface area contributed by atoms with E-state index in [0.717, 1.165) is 28.3 Å². The first-order valence-electron chi connectivity index (χ1n) is 4.99. The van der Waals surface area contributed by atoms with Gasteiger partial charge in [0.15, 0.2) is 0 Å². The Morgan fingerprint density at radius 3 is 2.79 bits per heavy atom. The van der Waals surface area contributed by atoms with Gasteiger partial charge in [0.2, 0.25) is 0 Å². The van der Waals surface area contributed by atoms with Crippen LogP contribution in [0, 0.1) is 19.8 Å². The van der Waals surface area contributed by atoms with Crippen molar-refractivity contribution in [3.63, 3.8) is 0 Å². The third-order valence-electron chi connectivity index (χ3n) is 2.64. The number of rotatable bonds is 4. The predicted molar refractivity (Wildman–Crippen MR) is 57.4 cm³/mol. The van der Waals surface area contributed by atoms with Crippen molar-refractivity contribution in [2.24, 2.45) is 11.7 Å². The number of nitrogens with two attached hydrogens (primary N) is 1. The maximum absolute atomic E-state index is 5.98. The van der Waals surface area contributed by atoms with E-state index in [4.69, 9.17) is 10.2 Å². The van der Waals surface area contributed by atoms with Crippen LogP contribution >= 0.6 is 11.8 Å². The number of nitrogens with zero attached hydrogens (tertiary/aromatic N) is 1. The van der Waals surface area contributed by atoms with Gasteiger partial charge in [0.05, 0.1) is 5.69 Å². The second kappa shape index (κ2) is 3.95. The molecule has 1 aliphatic rings. The molecule has 1 aromatic heterocycles. The van der Waals surface area contributed by atoms with Gasteiger partial charge in [-0.15, -0.1) is 0 Å². The summed E-state index contributed by atoms with van der Waals surface area (Å²) in [5.74, 6) is 2.58. The molecule has 78 valence electrons. The van der Waals surface area contributed by atoms with Gasteiger partial charge in [0.1, 0.15) is 5.76 Å². The summed E-state index contributed by atoms with van der Waals surface area (Å²) < 4.78 is 5.46. The molecule has 1 heterocycles. The highest BCUT2D eigenvalue weighted by Gasteiger charge is 2.28. The smallest absolute Gasteiger partial charge is 0.256 e. The van der Waals surface area contributed by atoms with Crippen molar-refractivity contribution in [2.75, 3.05) is 5.75 Å². The van der Waals surface area contributed by atoms with Crippen LogP contribution in [0.3, 0.4) is 0 Å². The number of thioether (sulfide) groups is 1. The summed E-state index contributed by atoms with van der Waals surface area (Å²) in [6, 6.07) is 0.313. The van der Waals surface area contributed by atoms with Gasteiger partial charge in [-0.1, -0.05) is 11.8 Å². The minimum Gasteiger partial charge on any atom is -0.437 e. The van der Waals surface area contributed by atoms with Crippen molar-refractivity contribution in [3.05, 3.63) is 11.5 Å². The van der Waals surface area contributed by atoms with Crippen LogP contribution in [0.15, 0.2) is 9.64 Å². The maximum atomic E-state index is 5.98. The van der Waals surface area contributed by atoms with E-state index in [1.54, 1.807) is 11.8 Å². The predicted octanol–water partition coefficient (Wildman–Crippen LogP) is 2.12. The summed E-state index contributed by atoms with van der Waals surface area (Å²) in [6.07, 6.45) is 2.59. The third-order valence-corrected chi connectivity index (χ3v) is 3.61. The normalized spacial score (nSPS) is 18.5. The average molecular weight is 212 g/mol. The van der Waals surface area contributed by atoms with Crippen molar-refractivity contribution in [1.82, 2.24) is 4.98 Å². The second-order valence-corrected chi connectivity index (χ2v) is 4.90. The standard InChI is InChI=1S/C10H16N2OS/c1-6-7(2)13-10(12-6)14-5-9(11)8-3-4-8/h8-9H,3-5,11H2,1-2H3. The van der Waals surface area contributed by atoms with Gasteiger partial charge < -0.3 is 10.2 Å². The molecule has 2 N–H and O–H groups in total. The average Bonchev–Trinajstić information content (AvgIpc) is 2.92. The van der Waals surface area contributed by atoms with Gasteiger partial charge in [-0.05, 0) is 32.6 Å². The highest BCUT2D eigenvalue weighted by Crippen LogP contribution is 2.34. The monoisotopic (exact) mass is 212 g/mol. The highest BCUT2D eigenvalue weighted by molar-refractivity contribution is 7.99. The lowest BCUT2D eigenvalue weighted by molar-refractivity contribution is 0.430. The molecule has 1 fully saturated rings. The topological polar surface area (TPSA) is 52.0 Å². The zero-order chi connectivity index (χ0) is 10.1. The van der Waals surface area contributed by atoms with E-state index in [-0.39, 0.29) is 0 Å². The molecule has 3 nitrogen and oxygen atoms in total. The fourth-order valence-electron chi connectivity index (χ4n) is 1.33. The molecule has 0 saturated heterocycles. The van der Waals surface area contributed by atoms with Gasteiger partial charge >= 0.3 is 0 Å². The third kappa shape index (κ3) is 2.30. The zero-order valence-corrected chi connectivity index (χ0v) is 9.43. The first-order chi connectivity index (χ1) is 6.66. The first-order valence-corrected chi connectivity index (χ1v) is 5.98. The van der Waals surface area contributed by atoms with Crippen LogP contribution in [0.5, 0.6) is 0 Å². The Morgan fingerprint density at radius 2 is 2.29 bits per heavy atom. The molecule has 14 heavy (non-hydrogen) atoms. The summed E-state index contributed by atoms with van der Waals surface area (Å²) in [5, 5.41) is 0.760. The van der Waals surface area contributed by atoms with E-state index in [1.165, 1.54) is 12.8 Å². The number of aryl methyl sites for hydroxylation is 2. The number of hydrogen-bond donors (Lipinski definition) is 1. The molecular formula is C10H16N2OS. The fraction of sp³-hybridized carbons (Fsp3) is 0.700. The van der Waals surface area contributed by atoms with Gasteiger partial charge in [-0.25, -0.2) is 4.98 Å². The maximum Gasteiger partial charge on any atom is 0.256 e. The zero-order valence-electron chi connectivity index (χ0n) is 8.62. The first kappa shape index (κ1) is 10.1. The molecule has 1 aromatic rings. The van der Waals surface area contributed by atoms with Gasteiger partial charge in [0.25, 0.3) is 5.22 Å². The van der Waals surface area contributed by atoms with Gasteiger partial charge in [-0.2, -0.15) is 0 Å². The molecule has 0 spiro atoms. The van der Waals surface area contributed by atoms with Crippen LogP contribution in [-0.2, 0) is 0 Å². The van der Waals surface area contributed by atoms with Gasteiger partial charge in [0, 0.05) is 11.8 Å². The van der Waals surface area contributed by atoms with E-state index >= 15 is 0 Å². The molecule has 0 radical (unpaired) electrons. The lowest BCUT2D eigenvalue weighted by Crippen LogP contribution is -2.24. The molecule has 0 aromatic carbocycles. The number of hydrogen-bond acceptors (Lipinski definition) is 4. The molecule has 1 aliphatic carbocycles. The van der Waals surface area contributed by atoms with E-state index < -0.39 is 0 Å². The van der Waals surface area contributed by atoms with E-state index in [0.29, 0.717) is 6.04 Å². The van der Waals surface area contributed by atoms with Crippen LogP contribution < -0.4 is 5.73 Å². The van der Waals surface area contributed by atoms with Gasteiger partial charge in [-0.3, -0.25) is 0 Å². The molecule has 1 saturated carbocycles. The lowest BCUT2D eigenvalue weighted by atomic mass is 10.2. The van der Waals surface area contributed by atoms with Crippen LogP contribution in [0.1, 0.15) is 24.3 Å². The quantitative estimate of drug-likeness (QED) is 0.777. The highest BCUT2D eigenvalue weighted by atomic mass is 32.2. The van der Waals surface area contributed by atoms with Crippen LogP contribution in [0.4, 0.5) is 0 Å². The summed E-state index contributed by atoms with van der Waals surface area (Å²) in [7, 11) is 0. The van der Waals surface area contributed by atoms with Crippen molar-refractivity contribution < 1.29 is 4.42 Å². The number of aromatic nitrogens is 1. The van der Waals surface area contributed by atoms with Crippen LogP contribution in [0.2, 0.25) is 0 Å². The van der Waals surface area contributed by atoms with Crippen molar-refractivity contribution in [3.8, 4) is 0 Å². The van der Waals surface area contributed by atoms with E-state index in [2.05, 4.69) is 4.98 Å². The molecule has 4 heteroatoms. The largest absolute Gasteiger partial charge is 0.437 e. The lowest BCUT2D eigenvalue weighted by Gasteiger charge is -2.06. The second-order valence-electron chi connectivity index (χ2n) is 3.93. The Kier molecular flexibility index (Phi) is 2.83. The Balaban J connectivity index is 1.84. The summed E-state index contributed by atoms with van der Waals surface area (Å²) >= 11 is 1.63. The Bertz CT molecular complexity index is 300. The fourth-order valence-corrected chi connectivity index (χ4v) is 2.33. The Morgan fingerprint density at radius 1 is 1.57 bits per heavy atom. The molecule has 1 unspecified atom stereocenters. The molecule has 0 bridgehead atoms. The molecule has 1 atom stereocenters. The Hall–Kier alpha value is -0.480. The van der Waals surface area contributed by atoms with Crippen LogP contribution in [0.25, 0.3) is 0 Å². The minimum absolute atomic E-state index is 0.313. The Labute approximate surface area is 88.5 Å². The molecule has 0 amide bonds. The van der Waals surface area contributed by atoms with Crippen molar-refractivity contribution in [2.45, 2.75) is 38.0 Å². The van der Waals surface area contributed by atoms with Crippen LogP contribution in [-0.4, -0.2) is 16.8 Å². The summed E-state index contributed by atoms with van der Waals surface area (Å²) in [6.45, 7) is 3.90. The van der Waals surface area contributed by atoms with E-state index in [9.17, 15) is 0 Å². The van der Waals surface area contributed by atoms with Crippen molar-refractivity contribution in [1.29, 1.82) is 0 Å².